The summed E-state index contributed by atoms with van der Waals surface area (Å²) in [5, 5.41) is 3.66. The van der Waals surface area contributed by atoms with Crippen LogP contribution in [-0.2, 0) is 20.3 Å². The van der Waals surface area contributed by atoms with Crippen LogP contribution in [0.25, 0.3) is 24.3 Å². The maximum Gasteiger partial charge on any atom is -1.00 e. The molecule has 47 heavy (non-hydrogen) atoms. The molecule has 0 saturated carbocycles. The first-order chi connectivity index (χ1) is 21.8. The maximum absolute atomic E-state index is 3.92. The van der Waals surface area contributed by atoms with Crippen molar-refractivity contribution < 1.29 is 45.1 Å². The zero-order valence-electron chi connectivity index (χ0n) is 28.3. The molecule has 240 valence electrons. The molecule has 0 saturated heterocycles. The van der Waals surface area contributed by atoms with Crippen molar-refractivity contribution in [1.29, 1.82) is 0 Å². The normalized spacial score (nSPS) is 23.0. The van der Waals surface area contributed by atoms with Gasteiger partial charge in [-0.3, -0.25) is 0 Å². The van der Waals surface area contributed by atoms with Crippen LogP contribution in [0.4, 0.5) is 0 Å². The topological polar surface area (TPSA) is 0 Å². The van der Waals surface area contributed by atoms with E-state index in [4.69, 9.17) is 0 Å². The van der Waals surface area contributed by atoms with Crippen molar-refractivity contribution in [3.63, 3.8) is 0 Å². The molecule has 0 heterocycles. The molecule has 5 heteroatoms. The second-order valence-electron chi connectivity index (χ2n) is 14.6. The van der Waals surface area contributed by atoms with Crippen LogP contribution in [0.15, 0.2) is 119 Å². The fraction of sp³-hybridized carbons (Fsp3) is 0.238. The minimum atomic E-state index is -3.92. The van der Waals surface area contributed by atoms with Crippen LogP contribution in [0.2, 0.25) is 26.2 Å². The molecule has 0 radical (unpaired) electrons. The zero-order valence-corrected chi connectivity index (χ0v) is 34.5. The van der Waals surface area contributed by atoms with Crippen molar-refractivity contribution in [2.24, 2.45) is 0 Å². The molecular weight excluding hydrogens is 723 g/mol. The molecule has 4 aliphatic rings. The average molecular weight is 767 g/mol. The molecule has 4 atom stereocenters. The summed E-state index contributed by atoms with van der Waals surface area (Å²) in [6, 6.07) is 38.2. The Morgan fingerprint density at radius 3 is 1.00 bits per heavy atom. The third-order valence-corrected chi connectivity index (χ3v) is 33.6. The summed E-state index contributed by atoms with van der Waals surface area (Å²) in [5.74, 6) is 0. The van der Waals surface area contributed by atoms with Crippen LogP contribution < -0.4 is 24.8 Å². The molecular formula is C42H44Cl2Si2Zr-2. The van der Waals surface area contributed by atoms with Gasteiger partial charge in [0.25, 0.3) is 0 Å². The maximum atomic E-state index is 2.69. The van der Waals surface area contributed by atoms with Crippen molar-refractivity contribution >= 4 is 41.9 Å². The summed E-state index contributed by atoms with van der Waals surface area (Å²) < 4.78 is 2.06. The molecule has 4 unspecified atom stereocenters. The Hall–Kier alpha value is -2.26. The van der Waals surface area contributed by atoms with Gasteiger partial charge in [-0.05, 0) is 0 Å². The van der Waals surface area contributed by atoms with Gasteiger partial charge in [0.1, 0.15) is 0 Å². The fourth-order valence-corrected chi connectivity index (χ4v) is 41.5. The van der Waals surface area contributed by atoms with E-state index < -0.39 is 37.9 Å². The first-order valence-electron chi connectivity index (χ1n) is 17.0. The molecule has 8 rings (SSSR count). The van der Waals surface area contributed by atoms with E-state index >= 15 is 0 Å². The van der Waals surface area contributed by atoms with Crippen LogP contribution in [-0.4, -0.2) is 17.6 Å². The summed E-state index contributed by atoms with van der Waals surface area (Å²) >= 11 is -3.92. The second kappa shape index (κ2) is 13.2. The SMILES string of the molecule is CC1=Cc2ccccc2[CH]1[Zr]([CH]1C(C)=Cc2ccccc21)([CH]1C([SiH](C)C)=Cc2ccccc21)[CH]1C([SiH](C)C)=Cc2ccccc21.[Cl-].[Cl-]. The smallest absolute Gasteiger partial charge is 1.00 e. The third kappa shape index (κ3) is 5.14. The number of hydrogen-bond acceptors (Lipinski definition) is 0. The monoisotopic (exact) mass is 764 g/mol. The van der Waals surface area contributed by atoms with E-state index in [2.05, 4.69) is 161 Å². The van der Waals surface area contributed by atoms with E-state index in [1.807, 2.05) is 10.4 Å². The molecule has 0 spiro atoms. The van der Waals surface area contributed by atoms with Gasteiger partial charge in [-0.15, -0.1) is 0 Å². The van der Waals surface area contributed by atoms with Gasteiger partial charge in [0.2, 0.25) is 0 Å². The summed E-state index contributed by atoms with van der Waals surface area (Å²) in [4.78, 5) is 0. The number of benzene rings is 4. The molecule has 0 aromatic heterocycles. The predicted octanol–water partition coefficient (Wildman–Crippen LogP) is 4.79. The number of hydrogen-bond donors (Lipinski definition) is 0. The molecule has 0 fully saturated rings. The van der Waals surface area contributed by atoms with Gasteiger partial charge in [-0.1, -0.05) is 0 Å². The van der Waals surface area contributed by atoms with E-state index in [-0.39, 0.29) is 24.8 Å². The molecule has 0 amide bonds. The second-order valence-corrected chi connectivity index (χ2v) is 31.2. The molecule has 0 nitrogen and oxygen atoms in total. The van der Waals surface area contributed by atoms with E-state index in [1.165, 1.54) is 22.3 Å². The third-order valence-electron chi connectivity index (χ3n) is 11.5. The van der Waals surface area contributed by atoms with Crippen molar-refractivity contribution in [1.82, 2.24) is 0 Å². The number of halogens is 2. The standard InChI is InChI=1S/2C11H13Si.2C10H9.2ClH.Zr/c2*1-12(2)11-7-9-5-3-4-6-10(9)8-11;2*1-8-6-9-4-2-3-5-10(9)7-8;;;/h2*3-8,12H,1-2H3;2*2-7H,1H3;2*1H;/p-2. The summed E-state index contributed by atoms with van der Waals surface area (Å²) in [6.07, 6.45) is 10.6. The van der Waals surface area contributed by atoms with Crippen molar-refractivity contribution in [3.8, 4) is 0 Å². The minimum absolute atomic E-state index is 0. The molecule has 0 bridgehead atoms. The number of allylic oxidation sites excluding steroid dienone is 4. The fourth-order valence-electron chi connectivity index (χ4n) is 10.1. The molecule has 4 aromatic carbocycles. The molecule has 0 aliphatic heterocycles. The number of fused-ring (bicyclic) bond motifs is 4. The Morgan fingerprint density at radius 2 is 0.681 bits per heavy atom. The summed E-state index contributed by atoms with van der Waals surface area (Å²) in [6.45, 7) is 15.4. The van der Waals surface area contributed by atoms with Crippen LogP contribution in [0.5, 0.6) is 0 Å². The van der Waals surface area contributed by atoms with Gasteiger partial charge in [0, 0.05) is 0 Å². The molecule has 4 aliphatic carbocycles. The van der Waals surface area contributed by atoms with Gasteiger partial charge < -0.3 is 24.8 Å². The Bertz CT molecular complexity index is 1840. The quantitative estimate of drug-likeness (QED) is 0.248. The van der Waals surface area contributed by atoms with Gasteiger partial charge in [-0.25, -0.2) is 0 Å². The zero-order chi connectivity index (χ0) is 31.0. The summed E-state index contributed by atoms with van der Waals surface area (Å²) in [7, 11) is -2.35. The van der Waals surface area contributed by atoms with Crippen molar-refractivity contribution in [2.75, 3.05) is 0 Å². The first-order valence-corrected chi connectivity index (χ1v) is 28.4. The molecule has 0 N–H and O–H groups in total. The van der Waals surface area contributed by atoms with Crippen LogP contribution >= 0.6 is 0 Å². The van der Waals surface area contributed by atoms with Gasteiger partial charge in [0.05, 0.1) is 0 Å². The Kier molecular flexibility index (Phi) is 9.73. The van der Waals surface area contributed by atoms with Crippen molar-refractivity contribution in [2.45, 2.75) is 54.5 Å². The number of rotatable bonds is 6. The van der Waals surface area contributed by atoms with E-state index in [1.54, 1.807) is 33.4 Å². The molecule has 4 aromatic rings. The van der Waals surface area contributed by atoms with Crippen molar-refractivity contribution in [3.05, 3.63) is 163 Å². The van der Waals surface area contributed by atoms with E-state index in [9.17, 15) is 0 Å². The van der Waals surface area contributed by atoms with E-state index in [0.717, 1.165) is 0 Å². The Labute approximate surface area is 302 Å². The van der Waals surface area contributed by atoms with Crippen LogP contribution in [0, 0.1) is 0 Å². The van der Waals surface area contributed by atoms with Gasteiger partial charge in [-0.2, -0.15) is 0 Å². The predicted molar refractivity (Wildman–Crippen MR) is 198 cm³/mol. The van der Waals surface area contributed by atoms with Crippen LogP contribution in [0.3, 0.4) is 0 Å². The Balaban J connectivity index is 0.00000193. The van der Waals surface area contributed by atoms with Gasteiger partial charge in [0.15, 0.2) is 0 Å². The van der Waals surface area contributed by atoms with Crippen LogP contribution in [0.1, 0.15) is 72.9 Å². The van der Waals surface area contributed by atoms with E-state index in [0.29, 0.717) is 14.5 Å². The van der Waals surface area contributed by atoms with Gasteiger partial charge >= 0.3 is 280 Å². The minimum Gasteiger partial charge on any atom is -1.00 e. The first kappa shape index (κ1) is 34.6. The summed E-state index contributed by atoms with van der Waals surface area (Å²) in [5.41, 5.74) is 15.7. The largest absolute Gasteiger partial charge is 1.00 e. The average Bonchev–Trinajstić information content (AvgIpc) is 3.79. The Morgan fingerprint density at radius 1 is 0.404 bits per heavy atom.